The molecule has 1 aliphatic heterocycles. The number of carbonyl (C=O) groups is 1. The highest BCUT2D eigenvalue weighted by molar-refractivity contribution is 5.82. The van der Waals surface area contributed by atoms with Crippen molar-refractivity contribution in [3.63, 3.8) is 0 Å². The van der Waals surface area contributed by atoms with Gasteiger partial charge in [0.1, 0.15) is 0 Å². The molecule has 0 atom stereocenters. The topological polar surface area (TPSA) is 41.6 Å². The SMILES string of the molecule is COC(=O)/C=C/Nc1ccc(N2CCCC2)cc1. The van der Waals surface area contributed by atoms with E-state index in [1.165, 1.54) is 31.7 Å². The lowest BCUT2D eigenvalue weighted by molar-refractivity contribution is -0.134. The molecule has 1 aromatic carbocycles. The van der Waals surface area contributed by atoms with Gasteiger partial charge < -0.3 is 15.0 Å². The summed E-state index contributed by atoms with van der Waals surface area (Å²) in [6, 6.07) is 8.21. The number of methoxy groups -OCH3 is 1. The van der Waals surface area contributed by atoms with Crippen LogP contribution in [0.3, 0.4) is 0 Å². The Morgan fingerprint density at radius 2 is 1.94 bits per heavy atom. The molecule has 1 saturated heterocycles. The molecular weight excluding hydrogens is 228 g/mol. The Labute approximate surface area is 107 Å². The maximum Gasteiger partial charge on any atom is 0.331 e. The Balaban J connectivity index is 1.91. The summed E-state index contributed by atoms with van der Waals surface area (Å²) in [4.78, 5) is 13.3. The third-order valence-corrected chi connectivity index (χ3v) is 3.01. The molecule has 2 rings (SSSR count). The van der Waals surface area contributed by atoms with Crippen molar-refractivity contribution in [3.05, 3.63) is 36.5 Å². The molecule has 18 heavy (non-hydrogen) atoms. The fraction of sp³-hybridized carbons (Fsp3) is 0.357. The third kappa shape index (κ3) is 3.26. The zero-order chi connectivity index (χ0) is 12.8. The van der Waals surface area contributed by atoms with Crippen molar-refractivity contribution >= 4 is 17.3 Å². The number of nitrogens with zero attached hydrogens (tertiary/aromatic N) is 1. The molecule has 1 N–H and O–H groups in total. The lowest BCUT2D eigenvalue weighted by Crippen LogP contribution is -2.17. The molecule has 0 aliphatic carbocycles. The number of rotatable bonds is 4. The summed E-state index contributed by atoms with van der Waals surface area (Å²) in [5, 5.41) is 3.03. The summed E-state index contributed by atoms with van der Waals surface area (Å²) in [5.41, 5.74) is 2.22. The Hall–Kier alpha value is -1.97. The van der Waals surface area contributed by atoms with Crippen LogP contribution in [0.15, 0.2) is 36.5 Å². The van der Waals surface area contributed by atoms with Crippen LogP contribution in [0.1, 0.15) is 12.8 Å². The zero-order valence-electron chi connectivity index (χ0n) is 10.6. The third-order valence-electron chi connectivity index (χ3n) is 3.01. The molecule has 0 amide bonds. The summed E-state index contributed by atoms with van der Waals surface area (Å²) in [5.74, 6) is -0.365. The van der Waals surface area contributed by atoms with Crippen LogP contribution in [0.2, 0.25) is 0 Å². The molecule has 1 aromatic rings. The molecule has 0 radical (unpaired) electrons. The van der Waals surface area contributed by atoms with Crippen molar-refractivity contribution < 1.29 is 9.53 Å². The maximum atomic E-state index is 10.9. The van der Waals surface area contributed by atoms with Gasteiger partial charge >= 0.3 is 5.97 Å². The molecule has 0 spiro atoms. The van der Waals surface area contributed by atoms with Crippen LogP contribution in [-0.4, -0.2) is 26.2 Å². The molecular formula is C14H18N2O2. The number of ether oxygens (including phenoxy) is 1. The molecule has 1 heterocycles. The molecule has 0 unspecified atom stereocenters. The highest BCUT2D eigenvalue weighted by Crippen LogP contribution is 2.21. The van der Waals surface area contributed by atoms with Crippen molar-refractivity contribution in [1.82, 2.24) is 0 Å². The Kier molecular flexibility index (Phi) is 4.23. The minimum Gasteiger partial charge on any atom is -0.466 e. The van der Waals surface area contributed by atoms with Crippen LogP contribution >= 0.6 is 0 Å². The predicted molar refractivity (Wildman–Crippen MR) is 72.7 cm³/mol. The van der Waals surface area contributed by atoms with E-state index in [1.54, 1.807) is 6.20 Å². The van der Waals surface area contributed by atoms with Gasteiger partial charge in [0.15, 0.2) is 0 Å². The summed E-state index contributed by atoms with van der Waals surface area (Å²) >= 11 is 0. The van der Waals surface area contributed by atoms with Gasteiger partial charge in [-0.15, -0.1) is 0 Å². The number of hydrogen-bond acceptors (Lipinski definition) is 4. The van der Waals surface area contributed by atoms with Crippen LogP contribution in [0, 0.1) is 0 Å². The van der Waals surface area contributed by atoms with Gasteiger partial charge in [0.2, 0.25) is 0 Å². The maximum absolute atomic E-state index is 10.9. The van der Waals surface area contributed by atoms with Crippen LogP contribution in [-0.2, 0) is 9.53 Å². The first-order valence-corrected chi connectivity index (χ1v) is 6.15. The monoisotopic (exact) mass is 246 g/mol. The average molecular weight is 246 g/mol. The van der Waals surface area contributed by atoms with Crippen molar-refractivity contribution in [2.45, 2.75) is 12.8 Å². The number of esters is 1. The van der Waals surface area contributed by atoms with E-state index in [4.69, 9.17) is 0 Å². The van der Waals surface area contributed by atoms with E-state index in [0.717, 1.165) is 18.8 Å². The summed E-state index contributed by atoms with van der Waals surface area (Å²) < 4.78 is 4.50. The minimum absolute atomic E-state index is 0.365. The second-order valence-corrected chi connectivity index (χ2v) is 4.24. The van der Waals surface area contributed by atoms with Gasteiger partial charge in [0, 0.05) is 36.7 Å². The number of anilines is 2. The fourth-order valence-electron chi connectivity index (χ4n) is 2.02. The minimum atomic E-state index is -0.365. The number of nitrogens with one attached hydrogen (secondary N) is 1. The van der Waals surface area contributed by atoms with Crippen molar-refractivity contribution in [3.8, 4) is 0 Å². The van der Waals surface area contributed by atoms with Crippen LogP contribution in [0.25, 0.3) is 0 Å². The molecule has 4 nitrogen and oxygen atoms in total. The molecule has 4 heteroatoms. The Bertz CT molecular complexity index is 420. The van der Waals surface area contributed by atoms with Crippen molar-refractivity contribution in [1.29, 1.82) is 0 Å². The normalized spacial score (nSPS) is 15.1. The average Bonchev–Trinajstić information content (AvgIpc) is 2.93. The zero-order valence-corrected chi connectivity index (χ0v) is 10.6. The highest BCUT2D eigenvalue weighted by Gasteiger charge is 2.11. The molecule has 1 aliphatic rings. The Morgan fingerprint density at radius 1 is 1.28 bits per heavy atom. The summed E-state index contributed by atoms with van der Waals surface area (Å²) in [6.45, 7) is 2.30. The van der Waals surface area contributed by atoms with E-state index in [9.17, 15) is 4.79 Å². The lowest BCUT2D eigenvalue weighted by atomic mass is 10.2. The number of benzene rings is 1. The second kappa shape index (κ2) is 6.10. The van der Waals surface area contributed by atoms with Gasteiger partial charge in [0.25, 0.3) is 0 Å². The first kappa shape index (κ1) is 12.5. The van der Waals surface area contributed by atoms with Gasteiger partial charge in [-0.3, -0.25) is 0 Å². The second-order valence-electron chi connectivity index (χ2n) is 4.24. The van der Waals surface area contributed by atoms with Gasteiger partial charge in [0.05, 0.1) is 7.11 Å². The first-order valence-electron chi connectivity index (χ1n) is 6.15. The quantitative estimate of drug-likeness (QED) is 0.654. The van der Waals surface area contributed by atoms with Crippen molar-refractivity contribution in [2.75, 3.05) is 30.4 Å². The lowest BCUT2D eigenvalue weighted by Gasteiger charge is -2.17. The van der Waals surface area contributed by atoms with Gasteiger partial charge in [-0.2, -0.15) is 0 Å². The molecule has 0 saturated carbocycles. The van der Waals surface area contributed by atoms with E-state index < -0.39 is 0 Å². The molecule has 1 fully saturated rings. The van der Waals surface area contributed by atoms with E-state index in [-0.39, 0.29) is 5.97 Å². The van der Waals surface area contributed by atoms with Gasteiger partial charge in [-0.1, -0.05) is 0 Å². The molecule has 0 bridgehead atoms. The van der Waals surface area contributed by atoms with E-state index in [1.807, 2.05) is 12.1 Å². The van der Waals surface area contributed by atoms with Crippen LogP contribution < -0.4 is 10.2 Å². The molecule has 0 aromatic heterocycles. The van der Waals surface area contributed by atoms with E-state index in [0.29, 0.717) is 0 Å². The number of carbonyl (C=O) groups excluding carboxylic acids is 1. The van der Waals surface area contributed by atoms with Gasteiger partial charge in [-0.25, -0.2) is 4.79 Å². The largest absolute Gasteiger partial charge is 0.466 e. The molecule has 96 valence electrons. The summed E-state index contributed by atoms with van der Waals surface area (Å²) in [6.07, 6.45) is 5.49. The Morgan fingerprint density at radius 3 is 2.56 bits per heavy atom. The van der Waals surface area contributed by atoms with Crippen molar-refractivity contribution in [2.24, 2.45) is 0 Å². The van der Waals surface area contributed by atoms with Crippen LogP contribution in [0.5, 0.6) is 0 Å². The fourth-order valence-corrected chi connectivity index (χ4v) is 2.02. The summed E-state index contributed by atoms with van der Waals surface area (Å²) in [7, 11) is 1.36. The smallest absolute Gasteiger partial charge is 0.331 e. The standard InChI is InChI=1S/C14H18N2O2/c1-18-14(17)8-9-15-12-4-6-13(7-5-12)16-10-2-3-11-16/h4-9,15H,2-3,10-11H2,1H3/b9-8+. The van der Waals surface area contributed by atoms with E-state index >= 15 is 0 Å². The predicted octanol–water partition coefficient (Wildman–Crippen LogP) is 2.39. The highest BCUT2D eigenvalue weighted by atomic mass is 16.5. The van der Waals surface area contributed by atoms with Crippen LogP contribution in [0.4, 0.5) is 11.4 Å². The van der Waals surface area contributed by atoms with Gasteiger partial charge in [-0.05, 0) is 37.1 Å². The number of hydrogen-bond donors (Lipinski definition) is 1. The first-order chi connectivity index (χ1) is 8.79. The van der Waals surface area contributed by atoms with E-state index in [2.05, 4.69) is 27.1 Å².